The van der Waals surface area contributed by atoms with E-state index in [1.54, 1.807) is 25.1 Å². The first-order chi connectivity index (χ1) is 14.9. The number of methoxy groups -OCH3 is 1. The van der Waals surface area contributed by atoms with E-state index in [9.17, 15) is 10.1 Å². The second-order valence-corrected chi connectivity index (χ2v) is 7.04. The van der Waals surface area contributed by atoms with Crippen LogP contribution in [0.3, 0.4) is 0 Å². The van der Waals surface area contributed by atoms with Crippen LogP contribution in [-0.4, -0.2) is 37.9 Å². The van der Waals surface area contributed by atoms with Gasteiger partial charge in [0.2, 0.25) is 5.88 Å². The number of hydrogen-bond acceptors (Lipinski definition) is 8. The Hall–Kier alpha value is -3.28. The molecule has 1 unspecified atom stereocenters. The van der Waals surface area contributed by atoms with Crippen molar-refractivity contribution in [3.63, 3.8) is 0 Å². The van der Waals surface area contributed by atoms with Crippen molar-refractivity contribution in [2.75, 3.05) is 26.9 Å². The Kier molecular flexibility index (Phi) is 7.00. The zero-order chi connectivity index (χ0) is 22.5. The molecule has 9 heteroatoms. The predicted molar refractivity (Wildman–Crippen MR) is 114 cm³/mol. The van der Waals surface area contributed by atoms with Crippen molar-refractivity contribution in [1.29, 1.82) is 5.26 Å². The lowest BCUT2D eigenvalue weighted by atomic mass is 9.83. The molecule has 0 aliphatic carbocycles. The van der Waals surface area contributed by atoms with Gasteiger partial charge < -0.3 is 24.7 Å². The smallest absolute Gasteiger partial charge is 0.338 e. The molecule has 1 aromatic carbocycles. The Labute approximate surface area is 184 Å². The topological polar surface area (TPSA) is 117 Å². The van der Waals surface area contributed by atoms with Crippen molar-refractivity contribution in [3.8, 4) is 11.8 Å². The normalized spacial score (nSPS) is 16.2. The molecule has 0 spiro atoms. The lowest BCUT2D eigenvalue weighted by Gasteiger charge is -2.27. The molecule has 0 bridgehead atoms. The van der Waals surface area contributed by atoms with Crippen molar-refractivity contribution < 1.29 is 23.7 Å². The van der Waals surface area contributed by atoms with Gasteiger partial charge in [-0.15, -0.1) is 0 Å². The van der Waals surface area contributed by atoms with E-state index in [1.807, 2.05) is 19.1 Å². The van der Waals surface area contributed by atoms with Crippen LogP contribution < -0.4 is 10.5 Å². The number of nitrogens with two attached hydrogens (primary N) is 1. The summed E-state index contributed by atoms with van der Waals surface area (Å²) in [6.45, 7) is 4.25. The third kappa shape index (κ3) is 4.58. The van der Waals surface area contributed by atoms with Crippen LogP contribution in [0.2, 0.25) is 5.15 Å². The fourth-order valence-electron chi connectivity index (χ4n) is 3.36. The first-order valence-electron chi connectivity index (χ1n) is 9.58. The van der Waals surface area contributed by atoms with Gasteiger partial charge in [-0.05, 0) is 38.1 Å². The van der Waals surface area contributed by atoms with E-state index in [0.29, 0.717) is 23.4 Å². The number of carbonyl (C=O) groups is 1. The maximum absolute atomic E-state index is 12.9. The van der Waals surface area contributed by atoms with Crippen molar-refractivity contribution in [2.24, 2.45) is 5.73 Å². The molecule has 1 aromatic heterocycles. The van der Waals surface area contributed by atoms with Crippen LogP contribution in [0.1, 0.15) is 25.3 Å². The zero-order valence-electron chi connectivity index (χ0n) is 17.4. The first kappa shape index (κ1) is 22.4. The maximum Gasteiger partial charge on any atom is 0.338 e. The number of halogens is 1. The van der Waals surface area contributed by atoms with Gasteiger partial charge in [0.15, 0.2) is 0 Å². The summed E-state index contributed by atoms with van der Waals surface area (Å²) in [4.78, 5) is 17.3. The van der Waals surface area contributed by atoms with Gasteiger partial charge in [-0.25, -0.2) is 9.78 Å². The van der Waals surface area contributed by atoms with E-state index < -0.39 is 11.9 Å². The summed E-state index contributed by atoms with van der Waals surface area (Å²) < 4.78 is 21.2. The highest BCUT2D eigenvalue weighted by Crippen LogP contribution is 2.42. The van der Waals surface area contributed by atoms with Crippen LogP contribution in [0.25, 0.3) is 10.9 Å². The molecule has 8 nitrogen and oxygen atoms in total. The highest BCUT2D eigenvalue weighted by Gasteiger charge is 2.38. The molecule has 2 heterocycles. The summed E-state index contributed by atoms with van der Waals surface area (Å²) in [5.41, 5.74) is 7.22. The molecule has 3 rings (SSSR count). The molecular formula is C22H22ClN3O5. The minimum Gasteiger partial charge on any atom is -0.494 e. The third-order valence-corrected chi connectivity index (χ3v) is 5.04. The molecule has 0 radical (unpaired) electrons. The molecule has 0 amide bonds. The molecule has 0 saturated carbocycles. The SMILES string of the molecule is CCOc1ccc2nc(Cl)c(C3C(C#N)=C(N)OC(C)=C3C(=O)OCCOC)cc2c1. The fraction of sp³-hybridized carbons (Fsp3) is 0.318. The molecule has 0 saturated heterocycles. The number of nitriles is 1. The largest absolute Gasteiger partial charge is 0.494 e. The van der Waals surface area contributed by atoms with Crippen LogP contribution in [0.5, 0.6) is 5.75 Å². The monoisotopic (exact) mass is 443 g/mol. The van der Waals surface area contributed by atoms with Crippen molar-refractivity contribution in [2.45, 2.75) is 19.8 Å². The number of fused-ring (bicyclic) bond motifs is 1. The molecule has 2 aromatic rings. The van der Waals surface area contributed by atoms with Crippen molar-refractivity contribution in [3.05, 3.63) is 57.8 Å². The highest BCUT2D eigenvalue weighted by atomic mass is 35.5. The number of esters is 1. The molecule has 0 fully saturated rings. The third-order valence-electron chi connectivity index (χ3n) is 4.73. The van der Waals surface area contributed by atoms with E-state index in [4.69, 9.17) is 36.3 Å². The number of benzene rings is 1. The number of nitrogens with zero attached hydrogens (tertiary/aromatic N) is 2. The van der Waals surface area contributed by atoms with Crippen molar-refractivity contribution in [1.82, 2.24) is 4.98 Å². The molecule has 1 aliphatic heterocycles. The van der Waals surface area contributed by atoms with Gasteiger partial charge in [0.25, 0.3) is 0 Å². The molecule has 2 N–H and O–H groups in total. The molecule has 1 aliphatic rings. The number of hydrogen-bond donors (Lipinski definition) is 1. The van der Waals surface area contributed by atoms with Gasteiger partial charge in [-0.2, -0.15) is 5.26 Å². The van der Waals surface area contributed by atoms with E-state index in [2.05, 4.69) is 4.98 Å². The number of carbonyl (C=O) groups excluding carboxylic acids is 1. The van der Waals surface area contributed by atoms with Crippen LogP contribution in [0.4, 0.5) is 0 Å². The minimum absolute atomic E-state index is 0.0430. The second-order valence-electron chi connectivity index (χ2n) is 6.68. The average Bonchev–Trinajstić information content (AvgIpc) is 2.73. The Morgan fingerprint density at radius 3 is 2.81 bits per heavy atom. The van der Waals surface area contributed by atoms with Gasteiger partial charge in [0.05, 0.1) is 30.2 Å². The summed E-state index contributed by atoms with van der Waals surface area (Å²) in [5.74, 6) is -0.757. The number of ether oxygens (including phenoxy) is 4. The number of rotatable bonds is 7. The van der Waals surface area contributed by atoms with E-state index >= 15 is 0 Å². The average molecular weight is 444 g/mol. The van der Waals surface area contributed by atoms with Gasteiger partial charge in [0, 0.05) is 18.1 Å². The maximum atomic E-state index is 12.9. The Bertz CT molecular complexity index is 1120. The summed E-state index contributed by atoms with van der Waals surface area (Å²) in [6.07, 6.45) is 0. The van der Waals surface area contributed by atoms with Gasteiger partial charge >= 0.3 is 5.97 Å². The van der Waals surface area contributed by atoms with E-state index in [1.165, 1.54) is 7.11 Å². The van der Waals surface area contributed by atoms with Crippen LogP contribution in [-0.2, 0) is 19.0 Å². The first-order valence-corrected chi connectivity index (χ1v) is 9.96. The molecular weight excluding hydrogens is 422 g/mol. The van der Waals surface area contributed by atoms with Crippen LogP contribution in [0.15, 0.2) is 47.1 Å². The quantitative estimate of drug-likeness (QED) is 0.392. The predicted octanol–water partition coefficient (Wildman–Crippen LogP) is 3.56. The van der Waals surface area contributed by atoms with Gasteiger partial charge in [-0.3, -0.25) is 0 Å². The van der Waals surface area contributed by atoms with E-state index in [-0.39, 0.29) is 41.2 Å². The molecule has 1 atom stereocenters. The summed E-state index contributed by atoms with van der Waals surface area (Å²) in [6, 6.07) is 9.20. The Morgan fingerprint density at radius 1 is 1.35 bits per heavy atom. The number of pyridine rings is 1. The number of aromatic nitrogens is 1. The zero-order valence-corrected chi connectivity index (χ0v) is 18.2. The lowest BCUT2D eigenvalue weighted by Crippen LogP contribution is -2.26. The standard InChI is InChI=1S/C22H22ClN3O5/c1-4-29-14-5-6-17-13(9-14)10-15(20(23)26-17)19-16(11-24)21(25)31-12(2)18(19)22(27)30-8-7-28-3/h5-6,9-10,19H,4,7-8,25H2,1-3H3. The summed E-state index contributed by atoms with van der Waals surface area (Å²) >= 11 is 6.50. The summed E-state index contributed by atoms with van der Waals surface area (Å²) in [7, 11) is 1.50. The molecule has 162 valence electrons. The van der Waals surface area contributed by atoms with Gasteiger partial charge in [-0.1, -0.05) is 11.6 Å². The minimum atomic E-state index is -0.894. The summed E-state index contributed by atoms with van der Waals surface area (Å²) in [5, 5.41) is 10.6. The Morgan fingerprint density at radius 2 is 2.13 bits per heavy atom. The highest BCUT2D eigenvalue weighted by molar-refractivity contribution is 6.30. The molecule has 31 heavy (non-hydrogen) atoms. The number of allylic oxidation sites excluding steroid dienone is 2. The second kappa shape index (κ2) is 9.69. The van der Waals surface area contributed by atoms with Crippen molar-refractivity contribution >= 4 is 28.5 Å². The van der Waals surface area contributed by atoms with Gasteiger partial charge in [0.1, 0.15) is 34.9 Å². The lowest BCUT2D eigenvalue weighted by molar-refractivity contribution is -0.140. The van der Waals surface area contributed by atoms with E-state index in [0.717, 1.165) is 5.39 Å². The van der Waals surface area contributed by atoms with Crippen LogP contribution >= 0.6 is 11.6 Å². The fourth-order valence-corrected chi connectivity index (χ4v) is 3.61. The van der Waals surface area contributed by atoms with Crippen LogP contribution in [0, 0.1) is 11.3 Å². The Balaban J connectivity index is 2.15.